The molecule has 0 saturated heterocycles. The zero-order chi connectivity index (χ0) is 25.7. The van der Waals surface area contributed by atoms with Crippen molar-refractivity contribution < 1.29 is 74.1 Å². The molecule has 0 nitrogen and oxygen atoms in total. The summed E-state index contributed by atoms with van der Waals surface area (Å²) in [6, 6.07) is 12.0. The van der Waals surface area contributed by atoms with E-state index in [1.165, 1.54) is 20.0 Å². The Morgan fingerprint density at radius 1 is 0.595 bits per heavy atom. The van der Waals surface area contributed by atoms with Crippen LogP contribution in [0.5, 0.6) is 0 Å². The second-order valence-corrected chi connectivity index (χ2v) is 13.6. The fourth-order valence-electron chi connectivity index (χ4n) is 4.58. The number of hydrogen-bond acceptors (Lipinski definition) is 0. The van der Waals surface area contributed by atoms with E-state index in [0.717, 1.165) is 38.6 Å². The van der Waals surface area contributed by atoms with E-state index >= 15 is 0 Å². The minimum Gasteiger partial charge on any atom is -1.00 e. The van der Waals surface area contributed by atoms with Crippen molar-refractivity contribution in [2.45, 2.75) is 52.9 Å². The Kier molecular flexibility index (Phi) is 9.98. The Labute approximate surface area is 236 Å². The van der Waals surface area contributed by atoms with Gasteiger partial charge in [0.15, 0.2) is 0 Å². The standard InChI is InChI=1S/C15H11F6.C13H13.2ClH.Hf/c1-8-3-10(4-9(8)2)11-5-12(14(16,17)18)7-13(6-11)15(19,20)21;1-10-8-13(9-11(10)2)12-6-4-3-5-7-12;;;/h5-7H,3H2,1-2H3;3-7H,8H2,1-2H3;2*1H;/q;;;;+2/p-2. The molecule has 0 heterocycles. The molecule has 0 N–H and O–H groups in total. The Morgan fingerprint density at radius 2 is 1.00 bits per heavy atom. The van der Waals surface area contributed by atoms with E-state index in [1.54, 1.807) is 0 Å². The van der Waals surface area contributed by atoms with Crippen LogP contribution in [0.15, 0.2) is 77.5 Å². The number of alkyl halides is 6. The van der Waals surface area contributed by atoms with Crippen molar-refractivity contribution >= 4 is 11.1 Å². The largest absolute Gasteiger partial charge is 1.00 e. The van der Waals surface area contributed by atoms with Gasteiger partial charge in [-0.15, -0.1) is 0 Å². The summed E-state index contributed by atoms with van der Waals surface area (Å²) in [5.74, 6) is 0. The van der Waals surface area contributed by atoms with Gasteiger partial charge in [0.05, 0.1) is 0 Å². The predicted octanol–water partition coefficient (Wildman–Crippen LogP) is 3.42. The molecule has 0 fully saturated rings. The fraction of sp³-hybridized carbons (Fsp3) is 0.286. The van der Waals surface area contributed by atoms with Crippen molar-refractivity contribution in [3.63, 3.8) is 0 Å². The normalized spacial score (nSPS) is 16.3. The molecule has 0 radical (unpaired) electrons. The van der Waals surface area contributed by atoms with Crippen LogP contribution in [0, 0.1) is 0 Å². The maximum absolute atomic E-state index is 13.5. The molecule has 2 aliphatic carbocycles. The fourth-order valence-corrected chi connectivity index (χ4v) is 11.1. The third-order valence-electron chi connectivity index (χ3n) is 6.83. The van der Waals surface area contributed by atoms with E-state index < -0.39 is 46.4 Å². The summed E-state index contributed by atoms with van der Waals surface area (Å²) >= 11 is -1.85. The van der Waals surface area contributed by atoms with Gasteiger partial charge in [0.1, 0.15) is 0 Å². The molecule has 0 unspecified atom stereocenters. The molecule has 0 amide bonds. The molecule has 2 aromatic rings. The van der Waals surface area contributed by atoms with E-state index in [0.29, 0.717) is 12.0 Å². The molecule has 0 saturated carbocycles. The SMILES string of the molecule is CC1=C(C)[C]([Hf+2][C]2=C(c3cc(C(F)(F)F)cc(C(F)(F)F)c3)CC(C)=C2C)=C(c2ccccc2)C1.[Cl-].[Cl-]. The van der Waals surface area contributed by atoms with Crippen molar-refractivity contribution in [1.82, 2.24) is 0 Å². The Hall–Kier alpha value is -1.57. The Balaban J connectivity index is 0.00000241. The monoisotopic (exact) mass is 724 g/mol. The molecule has 9 heteroatoms. The second kappa shape index (κ2) is 11.7. The first-order valence-electron chi connectivity index (χ1n) is 11.2. The zero-order valence-electron chi connectivity index (χ0n) is 20.6. The smallest absolute Gasteiger partial charge is 1.00 e. The van der Waals surface area contributed by atoms with Gasteiger partial charge in [0.2, 0.25) is 0 Å². The number of hydrogen-bond donors (Lipinski definition) is 0. The van der Waals surface area contributed by atoms with Crippen LogP contribution in [0.25, 0.3) is 11.1 Å². The number of rotatable bonds is 4. The van der Waals surface area contributed by atoms with Gasteiger partial charge in [-0.1, -0.05) is 0 Å². The molecule has 0 aliphatic heterocycles. The van der Waals surface area contributed by atoms with Crippen LogP contribution in [0.3, 0.4) is 0 Å². The maximum Gasteiger partial charge on any atom is -1.00 e. The molecule has 0 aromatic heterocycles. The van der Waals surface area contributed by atoms with Crippen LogP contribution < -0.4 is 24.8 Å². The van der Waals surface area contributed by atoms with Gasteiger partial charge >= 0.3 is 213 Å². The molecular formula is C28H24Cl2F6Hf. The van der Waals surface area contributed by atoms with Crippen LogP contribution >= 0.6 is 0 Å². The molecule has 196 valence electrons. The summed E-state index contributed by atoms with van der Waals surface area (Å²) < 4.78 is 83.5. The van der Waals surface area contributed by atoms with Crippen molar-refractivity contribution in [2.24, 2.45) is 0 Å². The number of allylic oxidation sites excluding steroid dienone is 8. The quantitative estimate of drug-likeness (QED) is 0.336. The molecule has 0 atom stereocenters. The van der Waals surface area contributed by atoms with Gasteiger partial charge in [-0.05, 0) is 0 Å². The first-order valence-corrected chi connectivity index (χ1v) is 14.8. The van der Waals surface area contributed by atoms with Crippen LogP contribution in [-0.2, 0) is 35.3 Å². The van der Waals surface area contributed by atoms with Gasteiger partial charge in [-0.2, -0.15) is 0 Å². The number of halogens is 8. The zero-order valence-corrected chi connectivity index (χ0v) is 25.7. The minimum absolute atomic E-state index is 0. The molecule has 37 heavy (non-hydrogen) atoms. The van der Waals surface area contributed by atoms with Crippen molar-refractivity contribution in [2.75, 3.05) is 0 Å². The second-order valence-electron chi connectivity index (χ2n) is 9.16. The Morgan fingerprint density at radius 3 is 1.41 bits per heavy atom. The summed E-state index contributed by atoms with van der Waals surface area (Å²) in [4.78, 5) is 0. The van der Waals surface area contributed by atoms with Crippen molar-refractivity contribution in [3.8, 4) is 0 Å². The molecule has 4 rings (SSSR count). The van der Waals surface area contributed by atoms with Gasteiger partial charge in [0, 0.05) is 0 Å². The Bertz CT molecular complexity index is 1280. The van der Waals surface area contributed by atoms with Crippen LogP contribution in [0.2, 0.25) is 0 Å². The average Bonchev–Trinajstić information content (AvgIpc) is 3.23. The average molecular weight is 724 g/mol. The topological polar surface area (TPSA) is 0 Å². The maximum atomic E-state index is 13.5. The van der Waals surface area contributed by atoms with Crippen molar-refractivity contribution in [3.05, 3.63) is 99.7 Å². The predicted molar refractivity (Wildman–Crippen MR) is 123 cm³/mol. The third-order valence-corrected chi connectivity index (χ3v) is 13.5. The van der Waals surface area contributed by atoms with Crippen molar-refractivity contribution in [1.29, 1.82) is 0 Å². The number of benzene rings is 2. The van der Waals surface area contributed by atoms with Crippen LogP contribution in [0.4, 0.5) is 26.3 Å². The van der Waals surface area contributed by atoms with Gasteiger partial charge in [-0.3, -0.25) is 0 Å². The minimum atomic E-state index is -4.86. The molecule has 0 spiro atoms. The van der Waals surface area contributed by atoms with E-state index in [9.17, 15) is 26.3 Å². The summed E-state index contributed by atoms with van der Waals surface area (Å²) in [6.45, 7) is 8.04. The molecule has 2 aliphatic rings. The van der Waals surface area contributed by atoms with E-state index in [1.807, 2.05) is 32.0 Å². The van der Waals surface area contributed by atoms with Gasteiger partial charge in [0.25, 0.3) is 0 Å². The van der Waals surface area contributed by atoms with Gasteiger partial charge in [-0.25, -0.2) is 0 Å². The molecule has 0 bridgehead atoms. The summed E-state index contributed by atoms with van der Waals surface area (Å²) in [6.07, 6.45) is -8.52. The van der Waals surface area contributed by atoms with Crippen LogP contribution in [-0.4, -0.2) is 0 Å². The van der Waals surface area contributed by atoms with Crippen LogP contribution in [0.1, 0.15) is 62.8 Å². The summed E-state index contributed by atoms with van der Waals surface area (Å²) in [5, 5.41) is 0. The third kappa shape index (κ3) is 6.54. The van der Waals surface area contributed by atoms with Gasteiger partial charge < -0.3 is 24.8 Å². The summed E-state index contributed by atoms with van der Waals surface area (Å²) in [7, 11) is 0. The van der Waals surface area contributed by atoms with E-state index in [2.05, 4.69) is 26.0 Å². The molecular weight excluding hydrogens is 700 g/mol. The summed E-state index contributed by atoms with van der Waals surface area (Å²) in [5.41, 5.74) is 5.01. The van der Waals surface area contributed by atoms with E-state index in [-0.39, 0.29) is 36.4 Å². The first-order chi connectivity index (χ1) is 16.3. The van der Waals surface area contributed by atoms with E-state index in [4.69, 9.17) is 0 Å². The molecule has 2 aromatic carbocycles. The first kappa shape index (κ1) is 31.6.